The van der Waals surface area contributed by atoms with E-state index in [0.717, 1.165) is 24.7 Å². The van der Waals surface area contributed by atoms with Crippen LogP contribution in [0.3, 0.4) is 0 Å². The van der Waals surface area contributed by atoms with Gasteiger partial charge in [-0.05, 0) is 19.8 Å². The molecule has 2 aliphatic rings. The number of nitrogens with one attached hydrogen (secondary N) is 1. The molecule has 0 radical (unpaired) electrons. The first-order valence-electron chi connectivity index (χ1n) is 5.02. The molecule has 78 valence electrons. The van der Waals surface area contributed by atoms with Crippen molar-refractivity contribution >= 4 is 12.4 Å². The molecule has 1 saturated carbocycles. The monoisotopic (exact) mass is 214 g/mol. The normalized spacial score (nSPS) is 25.4. The number of halogens is 1. The molecule has 2 heterocycles. The third kappa shape index (κ3) is 1.53. The predicted molar refractivity (Wildman–Crippen MR) is 55.7 cm³/mol. The summed E-state index contributed by atoms with van der Waals surface area (Å²) in [7, 11) is 0. The highest BCUT2D eigenvalue weighted by Gasteiger charge is 2.30. The first-order valence-corrected chi connectivity index (χ1v) is 5.02. The number of hydrogen-bond acceptors (Lipinski definition) is 3. The summed E-state index contributed by atoms with van der Waals surface area (Å²) in [5.74, 6) is 2.86. The summed E-state index contributed by atoms with van der Waals surface area (Å²) in [6.07, 6.45) is 2.57. The molecule has 1 atom stereocenters. The van der Waals surface area contributed by atoms with Crippen molar-refractivity contribution in [3.63, 3.8) is 0 Å². The van der Waals surface area contributed by atoms with E-state index in [1.807, 2.05) is 0 Å². The molecule has 5 heteroatoms. The summed E-state index contributed by atoms with van der Waals surface area (Å²) >= 11 is 0. The van der Waals surface area contributed by atoms with Gasteiger partial charge in [0.15, 0.2) is 5.82 Å². The molecule has 0 unspecified atom stereocenters. The van der Waals surface area contributed by atoms with Crippen molar-refractivity contribution in [2.45, 2.75) is 38.3 Å². The number of aromatic nitrogens is 3. The van der Waals surface area contributed by atoms with Crippen molar-refractivity contribution < 1.29 is 0 Å². The van der Waals surface area contributed by atoms with Crippen molar-refractivity contribution in [2.75, 3.05) is 6.54 Å². The number of fused-ring (bicyclic) bond motifs is 1. The third-order valence-electron chi connectivity index (χ3n) is 2.82. The molecule has 0 bridgehead atoms. The van der Waals surface area contributed by atoms with Gasteiger partial charge in [0.25, 0.3) is 0 Å². The van der Waals surface area contributed by atoms with Crippen LogP contribution < -0.4 is 5.32 Å². The highest BCUT2D eigenvalue weighted by atomic mass is 35.5. The largest absolute Gasteiger partial charge is 0.306 e. The van der Waals surface area contributed by atoms with Crippen LogP contribution >= 0.6 is 12.4 Å². The van der Waals surface area contributed by atoms with Crippen molar-refractivity contribution in [3.8, 4) is 0 Å². The topological polar surface area (TPSA) is 42.7 Å². The Bertz CT molecular complexity index is 332. The third-order valence-corrected chi connectivity index (χ3v) is 2.82. The van der Waals surface area contributed by atoms with Gasteiger partial charge in [-0.3, -0.25) is 0 Å². The molecule has 14 heavy (non-hydrogen) atoms. The van der Waals surface area contributed by atoms with E-state index in [0.29, 0.717) is 12.0 Å². The van der Waals surface area contributed by atoms with Crippen LogP contribution in [0.4, 0.5) is 0 Å². The van der Waals surface area contributed by atoms with E-state index in [9.17, 15) is 0 Å². The Balaban J connectivity index is 0.000000750. The molecule has 1 aromatic heterocycles. The van der Waals surface area contributed by atoms with Crippen LogP contribution in [0, 0.1) is 0 Å². The molecular formula is C9H15ClN4. The van der Waals surface area contributed by atoms with Gasteiger partial charge in [0.1, 0.15) is 5.82 Å². The maximum Gasteiger partial charge on any atom is 0.154 e. The highest BCUT2D eigenvalue weighted by Crippen LogP contribution is 2.38. The van der Waals surface area contributed by atoms with Crippen LogP contribution in [0.15, 0.2) is 0 Å². The van der Waals surface area contributed by atoms with Crippen LogP contribution in [-0.2, 0) is 6.54 Å². The molecule has 1 aliphatic heterocycles. The van der Waals surface area contributed by atoms with E-state index in [1.165, 1.54) is 12.8 Å². The van der Waals surface area contributed by atoms with Crippen LogP contribution in [-0.4, -0.2) is 21.3 Å². The van der Waals surface area contributed by atoms with Gasteiger partial charge in [-0.15, -0.1) is 12.4 Å². The highest BCUT2D eigenvalue weighted by molar-refractivity contribution is 5.85. The lowest BCUT2D eigenvalue weighted by atomic mass is 10.2. The van der Waals surface area contributed by atoms with Crippen molar-refractivity contribution in [3.05, 3.63) is 11.6 Å². The van der Waals surface area contributed by atoms with E-state index < -0.39 is 0 Å². The molecule has 0 aromatic carbocycles. The lowest BCUT2D eigenvalue weighted by Crippen LogP contribution is -2.32. The maximum atomic E-state index is 4.58. The summed E-state index contributed by atoms with van der Waals surface area (Å²) in [6.45, 7) is 4.14. The van der Waals surface area contributed by atoms with Crippen molar-refractivity contribution in [1.82, 2.24) is 20.1 Å². The van der Waals surface area contributed by atoms with E-state index in [-0.39, 0.29) is 12.4 Å². The molecule has 1 aromatic rings. The second kappa shape index (κ2) is 3.51. The lowest BCUT2D eigenvalue weighted by Gasteiger charge is -2.19. The number of rotatable bonds is 1. The molecule has 0 spiro atoms. The fourth-order valence-electron chi connectivity index (χ4n) is 1.85. The molecule has 3 rings (SSSR count). The van der Waals surface area contributed by atoms with Gasteiger partial charge in [0, 0.05) is 12.5 Å². The van der Waals surface area contributed by atoms with Crippen LogP contribution in [0.1, 0.15) is 43.4 Å². The molecule has 1 aliphatic carbocycles. The molecule has 1 fully saturated rings. The van der Waals surface area contributed by atoms with E-state index in [4.69, 9.17) is 0 Å². The Morgan fingerprint density at radius 3 is 2.86 bits per heavy atom. The summed E-state index contributed by atoms with van der Waals surface area (Å²) < 4.78 is 2.06. The zero-order valence-corrected chi connectivity index (χ0v) is 9.05. The van der Waals surface area contributed by atoms with Gasteiger partial charge in [-0.2, -0.15) is 5.10 Å². The second-order valence-corrected chi connectivity index (χ2v) is 4.00. The quantitative estimate of drug-likeness (QED) is 0.765. The van der Waals surface area contributed by atoms with E-state index >= 15 is 0 Å². The minimum atomic E-state index is 0. The van der Waals surface area contributed by atoms with Crippen molar-refractivity contribution in [1.29, 1.82) is 0 Å². The van der Waals surface area contributed by atoms with E-state index in [2.05, 4.69) is 27.0 Å². The number of hydrogen-bond donors (Lipinski definition) is 1. The minimum absolute atomic E-state index is 0. The predicted octanol–water partition coefficient (Wildman–Crippen LogP) is 1.24. The first kappa shape index (κ1) is 9.93. The molecule has 1 N–H and O–H groups in total. The van der Waals surface area contributed by atoms with Gasteiger partial charge >= 0.3 is 0 Å². The SMILES string of the molecule is C[C@H]1NCCn2nc(C3CC3)nc21.Cl. The Labute approximate surface area is 89.5 Å². The van der Waals surface area contributed by atoms with Gasteiger partial charge in [-0.25, -0.2) is 9.67 Å². The fourth-order valence-corrected chi connectivity index (χ4v) is 1.85. The van der Waals surface area contributed by atoms with Gasteiger partial charge in [-0.1, -0.05) is 0 Å². The Hall–Kier alpha value is -0.610. The zero-order chi connectivity index (χ0) is 8.84. The molecule has 4 nitrogen and oxygen atoms in total. The Morgan fingerprint density at radius 2 is 2.21 bits per heavy atom. The number of nitrogens with zero attached hydrogens (tertiary/aromatic N) is 3. The van der Waals surface area contributed by atoms with Gasteiger partial charge in [0.2, 0.25) is 0 Å². The minimum Gasteiger partial charge on any atom is -0.306 e. The van der Waals surface area contributed by atoms with Crippen LogP contribution in [0.25, 0.3) is 0 Å². The van der Waals surface area contributed by atoms with Crippen LogP contribution in [0.2, 0.25) is 0 Å². The van der Waals surface area contributed by atoms with Gasteiger partial charge < -0.3 is 5.32 Å². The second-order valence-electron chi connectivity index (χ2n) is 4.00. The standard InChI is InChI=1S/C9H14N4.ClH/c1-6-9-11-8(7-2-3-7)12-13(9)5-4-10-6;/h6-7,10H,2-5H2,1H3;1H/t6-;/m1./s1. The Morgan fingerprint density at radius 1 is 1.43 bits per heavy atom. The zero-order valence-electron chi connectivity index (χ0n) is 8.23. The molecule has 0 saturated heterocycles. The Kier molecular flexibility index (Phi) is 2.49. The van der Waals surface area contributed by atoms with Crippen LogP contribution in [0.5, 0.6) is 0 Å². The first-order chi connectivity index (χ1) is 6.34. The maximum absolute atomic E-state index is 4.58. The smallest absolute Gasteiger partial charge is 0.154 e. The van der Waals surface area contributed by atoms with E-state index in [1.54, 1.807) is 0 Å². The van der Waals surface area contributed by atoms with Gasteiger partial charge in [0.05, 0.1) is 12.6 Å². The molecule has 0 amide bonds. The summed E-state index contributed by atoms with van der Waals surface area (Å²) in [6, 6.07) is 0.369. The summed E-state index contributed by atoms with van der Waals surface area (Å²) in [5, 5.41) is 7.92. The molecular weight excluding hydrogens is 200 g/mol. The summed E-state index contributed by atoms with van der Waals surface area (Å²) in [4.78, 5) is 4.58. The fraction of sp³-hybridized carbons (Fsp3) is 0.778. The summed E-state index contributed by atoms with van der Waals surface area (Å²) in [5.41, 5.74) is 0. The van der Waals surface area contributed by atoms with Crippen molar-refractivity contribution in [2.24, 2.45) is 0 Å². The average Bonchev–Trinajstić information content (AvgIpc) is 2.87. The average molecular weight is 215 g/mol. The lowest BCUT2D eigenvalue weighted by molar-refractivity contribution is 0.411.